The van der Waals surface area contributed by atoms with Crippen LogP contribution in [0.15, 0.2) is 77.7 Å². The van der Waals surface area contributed by atoms with E-state index < -0.39 is 10.0 Å². The van der Waals surface area contributed by atoms with Gasteiger partial charge in [-0.1, -0.05) is 48.5 Å². The minimum atomic E-state index is -3.79. The van der Waals surface area contributed by atoms with Gasteiger partial charge in [-0.2, -0.15) is 0 Å². The van der Waals surface area contributed by atoms with Crippen molar-refractivity contribution in [1.82, 2.24) is 14.9 Å². The fraction of sp³-hybridized carbons (Fsp3) is 0.321. The van der Waals surface area contributed by atoms with Crippen molar-refractivity contribution in [2.45, 2.75) is 24.4 Å². The first-order valence-electron chi connectivity index (χ1n) is 12.3. The summed E-state index contributed by atoms with van der Waals surface area (Å²) in [6.07, 6.45) is 0. The van der Waals surface area contributed by atoms with Gasteiger partial charge in [0, 0.05) is 31.7 Å². The molecule has 0 spiro atoms. The van der Waals surface area contributed by atoms with Crippen LogP contribution >= 0.6 is 0 Å². The smallest absolute Gasteiger partial charge is 0.251 e. The lowest BCUT2D eigenvalue weighted by Gasteiger charge is -2.35. The van der Waals surface area contributed by atoms with Gasteiger partial charge < -0.3 is 14.8 Å². The number of benzene rings is 3. The van der Waals surface area contributed by atoms with Crippen LogP contribution in [0.5, 0.6) is 5.75 Å². The van der Waals surface area contributed by atoms with Gasteiger partial charge in [-0.15, -0.1) is 0 Å². The third-order valence-electron chi connectivity index (χ3n) is 6.52. The van der Waals surface area contributed by atoms with E-state index in [2.05, 4.69) is 14.9 Å². The average molecular weight is 524 g/mol. The fourth-order valence-electron chi connectivity index (χ4n) is 4.33. The summed E-state index contributed by atoms with van der Waals surface area (Å²) in [4.78, 5) is 15.6. The Morgan fingerprint density at radius 3 is 2.41 bits per heavy atom. The monoisotopic (exact) mass is 523 g/mol. The molecule has 0 unspecified atom stereocenters. The number of morpholine rings is 1. The van der Waals surface area contributed by atoms with E-state index in [-0.39, 0.29) is 23.4 Å². The number of carbonyl (C=O) groups excluding carboxylic acids is 1. The van der Waals surface area contributed by atoms with Crippen molar-refractivity contribution in [3.05, 3.63) is 95.1 Å². The molecule has 0 radical (unpaired) electrons. The van der Waals surface area contributed by atoms with E-state index in [1.807, 2.05) is 54.6 Å². The van der Waals surface area contributed by atoms with Crippen LogP contribution in [0, 0.1) is 6.92 Å². The van der Waals surface area contributed by atoms with Gasteiger partial charge in [0.25, 0.3) is 5.91 Å². The molecule has 1 heterocycles. The Kier molecular flexibility index (Phi) is 8.94. The maximum absolute atomic E-state index is 13.3. The van der Waals surface area contributed by atoms with E-state index in [1.165, 1.54) is 12.1 Å². The number of sulfonamides is 1. The van der Waals surface area contributed by atoms with Crippen LogP contribution in [-0.4, -0.2) is 59.2 Å². The highest BCUT2D eigenvalue weighted by atomic mass is 32.2. The number of rotatable bonds is 10. The van der Waals surface area contributed by atoms with Gasteiger partial charge in [-0.05, 0) is 47.9 Å². The van der Waals surface area contributed by atoms with Crippen LogP contribution in [0.1, 0.15) is 33.1 Å². The molecule has 37 heavy (non-hydrogen) atoms. The maximum Gasteiger partial charge on any atom is 0.251 e. The van der Waals surface area contributed by atoms with Crippen molar-refractivity contribution in [3.63, 3.8) is 0 Å². The highest BCUT2D eigenvalue weighted by Crippen LogP contribution is 2.24. The zero-order valence-electron chi connectivity index (χ0n) is 21.1. The first kappa shape index (κ1) is 26.8. The molecule has 0 aliphatic carbocycles. The first-order chi connectivity index (χ1) is 17.9. The lowest BCUT2D eigenvalue weighted by Crippen LogP contribution is -2.43. The van der Waals surface area contributed by atoms with Crippen molar-refractivity contribution < 1.29 is 22.7 Å². The average Bonchev–Trinajstić information content (AvgIpc) is 2.93. The quantitative estimate of drug-likeness (QED) is 0.423. The van der Waals surface area contributed by atoms with Gasteiger partial charge in [-0.3, -0.25) is 9.69 Å². The number of aryl methyl sites for hydroxylation is 1. The number of ether oxygens (including phenoxy) is 2. The molecule has 1 atom stereocenters. The predicted octanol–water partition coefficient (Wildman–Crippen LogP) is 3.29. The number of nitrogens with zero attached hydrogens (tertiary/aromatic N) is 1. The number of hydrogen-bond acceptors (Lipinski definition) is 6. The summed E-state index contributed by atoms with van der Waals surface area (Å²) >= 11 is 0. The number of hydrogen-bond donors (Lipinski definition) is 2. The van der Waals surface area contributed by atoms with E-state index in [0.29, 0.717) is 30.9 Å². The Labute approximate surface area is 218 Å². The molecular weight excluding hydrogens is 490 g/mol. The second kappa shape index (κ2) is 12.3. The third kappa shape index (κ3) is 6.95. The zero-order valence-corrected chi connectivity index (χ0v) is 22.0. The third-order valence-corrected chi connectivity index (χ3v) is 7.92. The van der Waals surface area contributed by atoms with Crippen LogP contribution in [0.3, 0.4) is 0 Å². The minimum absolute atomic E-state index is 0.0547. The molecule has 0 aromatic heterocycles. The van der Waals surface area contributed by atoms with Crippen molar-refractivity contribution in [2.24, 2.45) is 0 Å². The lowest BCUT2D eigenvalue weighted by atomic mass is 10.0. The number of nitrogens with one attached hydrogen (secondary N) is 2. The molecule has 8 nitrogen and oxygen atoms in total. The van der Waals surface area contributed by atoms with E-state index in [4.69, 9.17) is 9.47 Å². The summed E-state index contributed by atoms with van der Waals surface area (Å²) in [7, 11) is -2.17. The zero-order chi connectivity index (χ0) is 26.3. The number of carbonyl (C=O) groups is 1. The van der Waals surface area contributed by atoms with Crippen LogP contribution in [-0.2, 0) is 21.3 Å². The van der Waals surface area contributed by atoms with Gasteiger partial charge in [0.05, 0.1) is 31.3 Å². The minimum Gasteiger partial charge on any atom is -0.497 e. The fourth-order valence-corrected chi connectivity index (χ4v) is 5.37. The molecule has 0 bridgehead atoms. The van der Waals surface area contributed by atoms with Gasteiger partial charge in [0.2, 0.25) is 10.0 Å². The van der Waals surface area contributed by atoms with Crippen molar-refractivity contribution >= 4 is 15.9 Å². The van der Waals surface area contributed by atoms with Crippen LogP contribution in [0.2, 0.25) is 0 Å². The summed E-state index contributed by atoms with van der Waals surface area (Å²) < 4.78 is 39.3. The lowest BCUT2D eigenvalue weighted by molar-refractivity contribution is 0.0162. The SMILES string of the molecule is COc1ccc([C@@H](CNC(=O)c2cc(S(=O)(=O)NCc3ccccc3)ccc2C)N2CCOCC2)cc1. The molecular formula is C28H33N3O5S. The van der Waals surface area contributed by atoms with Crippen LogP contribution in [0.4, 0.5) is 0 Å². The summed E-state index contributed by atoms with van der Waals surface area (Å²) in [5, 5.41) is 3.03. The van der Waals surface area contributed by atoms with Gasteiger partial charge >= 0.3 is 0 Å². The number of amides is 1. The Morgan fingerprint density at radius 2 is 1.73 bits per heavy atom. The van der Waals surface area contributed by atoms with E-state index in [0.717, 1.165) is 30.0 Å². The molecule has 1 fully saturated rings. The summed E-state index contributed by atoms with van der Waals surface area (Å²) in [5.74, 6) is 0.451. The normalized spacial score (nSPS) is 15.2. The van der Waals surface area contributed by atoms with Gasteiger partial charge in [0.1, 0.15) is 5.75 Å². The number of methoxy groups -OCH3 is 1. The molecule has 4 rings (SSSR count). The molecule has 1 aliphatic heterocycles. The Morgan fingerprint density at radius 1 is 1.03 bits per heavy atom. The highest BCUT2D eigenvalue weighted by molar-refractivity contribution is 7.89. The Balaban J connectivity index is 1.49. The molecule has 0 saturated carbocycles. The van der Waals surface area contributed by atoms with Crippen molar-refractivity contribution in [1.29, 1.82) is 0 Å². The van der Waals surface area contributed by atoms with E-state index in [9.17, 15) is 13.2 Å². The van der Waals surface area contributed by atoms with Crippen LogP contribution < -0.4 is 14.8 Å². The molecule has 3 aromatic rings. The highest BCUT2D eigenvalue weighted by Gasteiger charge is 2.24. The van der Waals surface area contributed by atoms with Gasteiger partial charge in [0.15, 0.2) is 0 Å². The second-order valence-corrected chi connectivity index (χ2v) is 10.7. The van der Waals surface area contributed by atoms with Crippen molar-refractivity contribution in [3.8, 4) is 5.75 Å². The van der Waals surface area contributed by atoms with E-state index in [1.54, 1.807) is 20.1 Å². The summed E-state index contributed by atoms with van der Waals surface area (Å²) in [5.41, 5.74) is 2.94. The van der Waals surface area contributed by atoms with Gasteiger partial charge in [-0.25, -0.2) is 13.1 Å². The van der Waals surface area contributed by atoms with Crippen molar-refractivity contribution in [2.75, 3.05) is 40.0 Å². The first-order valence-corrected chi connectivity index (χ1v) is 13.7. The molecule has 1 aliphatic rings. The Hall–Kier alpha value is -3.24. The molecule has 2 N–H and O–H groups in total. The topological polar surface area (TPSA) is 97.0 Å². The molecule has 3 aromatic carbocycles. The second-order valence-electron chi connectivity index (χ2n) is 8.93. The predicted molar refractivity (Wildman–Crippen MR) is 142 cm³/mol. The molecule has 1 amide bonds. The summed E-state index contributed by atoms with van der Waals surface area (Å²) in [6, 6.07) is 21.7. The largest absolute Gasteiger partial charge is 0.497 e. The molecule has 196 valence electrons. The molecule has 9 heteroatoms. The maximum atomic E-state index is 13.3. The van der Waals surface area contributed by atoms with E-state index >= 15 is 0 Å². The standard InChI is InChI=1S/C28H33N3O5S/c1-21-8-13-25(37(33,34)30-19-22-6-4-3-5-7-22)18-26(21)28(32)29-20-27(31-14-16-36-17-15-31)23-9-11-24(35-2)12-10-23/h3-13,18,27,30H,14-17,19-20H2,1-2H3,(H,29,32)/t27-/m1/s1. The Bertz CT molecular complexity index is 1290. The summed E-state index contributed by atoms with van der Waals surface area (Å²) in [6.45, 7) is 5.12. The van der Waals surface area contributed by atoms with Crippen LogP contribution in [0.25, 0.3) is 0 Å². The molecule has 1 saturated heterocycles.